The van der Waals surface area contributed by atoms with Crippen LogP contribution >= 0.6 is 0 Å². The number of aliphatic imine (C=N–C) groups is 1. The molecule has 4 rings (SSSR count). The summed E-state index contributed by atoms with van der Waals surface area (Å²) >= 11 is 0. The first kappa shape index (κ1) is 23.4. The fourth-order valence-corrected chi connectivity index (χ4v) is 4.12. The topological polar surface area (TPSA) is 74.5 Å². The first-order valence-corrected chi connectivity index (χ1v) is 10.5. The van der Waals surface area contributed by atoms with Crippen molar-refractivity contribution in [2.75, 3.05) is 18.4 Å². The molecule has 5 nitrogen and oxygen atoms in total. The molecule has 0 aromatic heterocycles. The third-order valence-electron chi connectivity index (χ3n) is 5.81. The minimum atomic E-state index is -4.99. The van der Waals surface area contributed by atoms with Crippen LogP contribution in [-0.4, -0.2) is 30.6 Å². The van der Waals surface area contributed by atoms with Gasteiger partial charge in [0.15, 0.2) is 0 Å². The normalized spacial score (nSPS) is 21.7. The molecule has 1 unspecified atom stereocenters. The average molecular weight is 471 g/mol. The van der Waals surface area contributed by atoms with Crippen LogP contribution in [0, 0.1) is 0 Å². The van der Waals surface area contributed by atoms with E-state index in [2.05, 4.69) is 20.9 Å². The number of fused-ring (bicyclic) bond motifs is 1. The minimum absolute atomic E-state index is 0.00896. The standard InChI is InChI=1S/C22H23F6N5/c23-21(24,25)14-6-5-13(16(11-14)22(26,27)28)12-20(29)19(31-15-7-9-30-10-8-15)32-17-3-1-2-4-18(17)33-20/h1-6,11,15,30,33H,7-10,12,29H2,(H,31,32). The van der Waals surface area contributed by atoms with Crippen LogP contribution in [0.5, 0.6) is 0 Å². The maximum absolute atomic E-state index is 13.7. The van der Waals surface area contributed by atoms with Gasteiger partial charge in [-0.1, -0.05) is 18.2 Å². The molecule has 5 N–H and O–H groups in total. The summed E-state index contributed by atoms with van der Waals surface area (Å²) in [7, 11) is 0. The molecule has 2 aromatic carbocycles. The Morgan fingerprint density at radius 1 is 1.00 bits per heavy atom. The van der Waals surface area contributed by atoms with Crippen LogP contribution in [-0.2, 0) is 18.8 Å². The molecular weight excluding hydrogens is 448 g/mol. The summed E-state index contributed by atoms with van der Waals surface area (Å²) in [6.45, 7) is 1.54. The number of rotatable bonds is 3. The summed E-state index contributed by atoms with van der Waals surface area (Å²) in [6.07, 6.45) is -8.77. The second-order valence-electron chi connectivity index (χ2n) is 8.29. The molecule has 11 heteroatoms. The lowest BCUT2D eigenvalue weighted by molar-refractivity contribution is -0.143. The number of hydrogen-bond donors (Lipinski definition) is 4. The zero-order chi connectivity index (χ0) is 23.9. The quantitative estimate of drug-likeness (QED) is 0.500. The predicted molar refractivity (Wildman–Crippen MR) is 113 cm³/mol. The van der Waals surface area contributed by atoms with Gasteiger partial charge in [0.1, 0.15) is 11.5 Å². The molecule has 2 heterocycles. The van der Waals surface area contributed by atoms with E-state index in [-0.39, 0.29) is 23.5 Å². The van der Waals surface area contributed by atoms with E-state index in [1.165, 1.54) is 0 Å². The molecule has 0 radical (unpaired) electrons. The molecule has 33 heavy (non-hydrogen) atoms. The van der Waals surface area contributed by atoms with Gasteiger partial charge in [0.25, 0.3) is 0 Å². The molecule has 1 atom stereocenters. The van der Waals surface area contributed by atoms with Gasteiger partial charge in [-0.3, -0.25) is 0 Å². The highest BCUT2D eigenvalue weighted by Gasteiger charge is 2.42. The van der Waals surface area contributed by atoms with Crippen LogP contribution in [0.4, 0.5) is 37.7 Å². The predicted octanol–water partition coefficient (Wildman–Crippen LogP) is 4.42. The molecule has 0 amide bonds. The van der Waals surface area contributed by atoms with E-state index in [1.807, 2.05) is 0 Å². The van der Waals surface area contributed by atoms with Crippen molar-refractivity contribution in [3.05, 3.63) is 59.2 Å². The molecule has 0 bridgehead atoms. The Hall–Kier alpha value is -2.79. The van der Waals surface area contributed by atoms with Gasteiger partial charge >= 0.3 is 12.4 Å². The second kappa shape index (κ2) is 8.53. The Balaban J connectivity index is 1.73. The molecule has 0 spiro atoms. The number of alkyl halides is 6. The van der Waals surface area contributed by atoms with Gasteiger partial charge < -0.3 is 21.7 Å². The molecule has 1 saturated heterocycles. The number of halogens is 6. The molecule has 2 aromatic rings. The van der Waals surface area contributed by atoms with Crippen molar-refractivity contribution in [2.45, 2.75) is 43.3 Å². The minimum Gasteiger partial charge on any atom is -0.368 e. The van der Waals surface area contributed by atoms with Gasteiger partial charge in [0.2, 0.25) is 0 Å². The Morgan fingerprint density at radius 3 is 2.36 bits per heavy atom. The van der Waals surface area contributed by atoms with Crippen LogP contribution in [0.25, 0.3) is 0 Å². The SMILES string of the molecule is NC1(Cc2ccc(C(F)(F)F)cc2C(F)(F)F)Nc2ccccc2N=C1NC1CCNCC1. The van der Waals surface area contributed by atoms with Crippen LogP contribution in [0.2, 0.25) is 0 Å². The highest BCUT2D eigenvalue weighted by atomic mass is 19.4. The van der Waals surface area contributed by atoms with E-state index < -0.39 is 35.6 Å². The van der Waals surface area contributed by atoms with Gasteiger partial charge in [-0.25, -0.2) is 4.99 Å². The van der Waals surface area contributed by atoms with E-state index >= 15 is 0 Å². The van der Waals surface area contributed by atoms with Gasteiger partial charge in [0.05, 0.1) is 22.5 Å². The lowest BCUT2D eigenvalue weighted by atomic mass is 9.91. The van der Waals surface area contributed by atoms with E-state index in [1.54, 1.807) is 24.3 Å². The number of piperidine rings is 1. The van der Waals surface area contributed by atoms with Gasteiger partial charge in [-0.05, 0) is 55.8 Å². The van der Waals surface area contributed by atoms with Crippen LogP contribution in [0.1, 0.15) is 29.5 Å². The maximum Gasteiger partial charge on any atom is 0.416 e. The third kappa shape index (κ3) is 5.09. The molecule has 2 aliphatic heterocycles. The first-order chi connectivity index (χ1) is 15.5. The van der Waals surface area contributed by atoms with E-state index in [0.717, 1.165) is 32.0 Å². The largest absolute Gasteiger partial charge is 0.416 e. The Kier molecular flexibility index (Phi) is 6.04. The number of anilines is 1. The zero-order valence-electron chi connectivity index (χ0n) is 17.4. The summed E-state index contributed by atoms with van der Waals surface area (Å²) in [5.74, 6) is 0.251. The van der Waals surface area contributed by atoms with E-state index in [4.69, 9.17) is 5.73 Å². The number of nitrogens with one attached hydrogen (secondary N) is 3. The van der Waals surface area contributed by atoms with Crippen molar-refractivity contribution in [3.8, 4) is 0 Å². The van der Waals surface area contributed by atoms with Crippen molar-refractivity contribution < 1.29 is 26.3 Å². The van der Waals surface area contributed by atoms with Gasteiger partial charge in [-0.2, -0.15) is 26.3 Å². The highest BCUT2D eigenvalue weighted by molar-refractivity contribution is 6.00. The number of benzene rings is 2. The van der Waals surface area contributed by atoms with Crippen molar-refractivity contribution in [3.63, 3.8) is 0 Å². The molecule has 178 valence electrons. The highest BCUT2D eigenvalue weighted by Crippen LogP contribution is 2.39. The van der Waals surface area contributed by atoms with Crippen molar-refractivity contribution in [1.29, 1.82) is 0 Å². The van der Waals surface area contributed by atoms with Crippen molar-refractivity contribution in [2.24, 2.45) is 10.7 Å². The Morgan fingerprint density at radius 2 is 1.70 bits per heavy atom. The van der Waals surface area contributed by atoms with E-state index in [0.29, 0.717) is 17.4 Å². The van der Waals surface area contributed by atoms with E-state index in [9.17, 15) is 26.3 Å². The Bertz CT molecular complexity index is 1040. The Labute approximate surface area is 186 Å². The molecule has 0 aliphatic carbocycles. The molecular formula is C22H23F6N5. The number of nitrogens with two attached hydrogens (primary N) is 1. The molecule has 1 fully saturated rings. The summed E-state index contributed by atoms with van der Waals surface area (Å²) in [6, 6.07) is 8.55. The zero-order valence-corrected chi connectivity index (χ0v) is 17.4. The summed E-state index contributed by atoms with van der Waals surface area (Å²) in [5.41, 5.74) is 3.01. The average Bonchev–Trinajstić information content (AvgIpc) is 2.73. The van der Waals surface area contributed by atoms with Crippen molar-refractivity contribution >= 4 is 17.2 Å². The van der Waals surface area contributed by atoms with Gasteiger partial charge in [-0.15, -0.1) is 0 Å². The van der Waals surface area contributed by atoms with Crippen LogP contribution in [0.3, 0.4) is 0 Å². The van der Waals surface area contributed by atoms with Crippen LogP contribution < -0.4 is 21.7 Å². The number of hydrogen-bond acceptors (Lipinski definition) is 5. The van der Waals surface area contributed by atoms with Gasteiger partial charge in [0, 0.05) is 12.5 Å². The monoisotopic (exact) mass is 471 g/mol. The lowest BCUT2D eigenvalue weighted by Gasteiger charge is -2.39. The van der Waals surface area contributed by atoms with Crippen molar-refractivity contribution in [1.82, 2.24) is 10.6 Å². The smallest absolute Gasteiger partial charge is 0.368 e. The molecule has 0 saturated carbocycles. The maximum atomic E-state index is 13.7. The fourth-order valence-electron chi connectivity index (χ4n) is 4.12. The second-order valence-corrected chi connectivity index (χ2v) is 8.29. The first-order valence-electron chi connectivity index (χ1n) is 10.5. The fraction of sp³-hybridized carbons (Fsp3) is 0.409. The van der Waals surface area contributed by atoms with Crippen LogP contribution in [0.15, 0.2) is 47.5 Å². The molecule has 2 aliphatic rings. The summed E-state index contributed by atoms with van der Waals surface area (Å²) in [4.78, 5) is 4.57. The lowest BCUT2D eigenvalue weighted by Crippen LogP contribution is -2.64. The summed E-state index contributed by atoms with van der Waals surface area (Å²) in [5, 5.41) is 9.55. The number of amidine groups is 1. The third-order valence-corrected chi connectivity index (χ3v) is 5.81. The summed E-state index contributed by atoms with van der Waals surface area (Å²) < 4.78 is 80.4. The number of para-hydroxylation sites is 2. The number of nitrogens with zero attached hydrogens (tertiary/aromatic N) is 1.